The van der Waals surface area contributed by atoms with Gasteiger partial charge >= 0.3 is 0 Å². The Labute approximate surface area is 48.4 Å². The van der Waals surface area contributed by atoms with Crippen molar-refractivity contribution < 1.29 is 9.84 Å². The van der Waals surface area contributed by atoms with Crippen LogP contribution in [0.25, 0.3) is 0 Å². The fourth-order valence-corrected chi connectivity index (χ4v) is 0.868. The normalized spacial score (nSPS) is 38.2. The van der Waals surface area contributed by atoms with Gasteiger partial charge in [0, 0.05) is 0 Å². The first kappa shape index (κ1) is 6.01. The SMILES string of the molecule is NC1CC[C@@H](CO)O1. The predicted octanol–water partition coefficient (Wildman–Crippen LogP) is -0.558. The van der Waals surface area contributed by atoms with Crippen molar-refractivity contribution in [3.63, 3.8) is 0 Å². The Kier molecular flexibility index (Phi) is 1.83. The van der Waals surface area contributed by atoms with Crippen LogP contribution in [0.4, 0.5) is 0 Å². The largest absolute Gasteiger partial charge is 0.394 e. The van der Waals surface area contributed by atoms with E-state index < -0.39 is 0 Å². The van der Waals surface area contributed by atoms with E-state index in [-0.39, 0.29) is 18.9 Å². The smallest absolute Gasteiger partial charge is 0.106 e. The second kappa shape index (κ2) is 2.44. The van der Waals surface area contributed by atoms with Gasteiger partial charge in [-0.15, -0.1) is 0 Å². The van der Waals surface area contributed by atoms with Crippen LogP contribution in [-0.4, -0.2) is 24.0 Å². The number of hydrogen-bond donors (Lipinski definition) is 2. The third kappa shape index (κ3) is 1.18. The van der Waals surface area contributed by atoms with Crippen molar-refractivity contribution in [3.8, 4) is 0 Å². The molecule has 3 heteroatoms. The third-order valence-corrected chi connectivity index (χ3v) is 1.34. The molecule has 0 saturated carbocycles. The minimum absolute atomic E-state index is 0.00463. The Morgan fingerprint density at radius 2 is 2.38 bits per heavy atom. The first-order chi connectivity index (χ1) is 3.83. The zero-order chi connectivity index (χ0) is 5.98. The molecule has 1 aliphatic heterocycles. The molecule has 0 aromatic heterocycles. The molecule has 1 saturated heterocycles. The Balaban J connectivity index is 2.22. The standard InChI is InChI=1S/C5H11NO2/c6-5-2-1-4(3-7)8-5/h4-5,7H,1-3,6H2/t4-,5?/m0/s1. The molecule has 48 valence electrons. The monoisotopic (exact) mass is 117 g/mol. The summed E-state index contributed by atoms with van der Waals surface area (Å²) in [7, 11) is 0. The molecule has 3 N–H and O–H groups in total. The average Bonchev–Trinajstić information content (AvgIpc) is 2.14. The molecular formula is C5H11NO2. The van der Waals surface area contributed by atoms with Gasteiger partial charge < -0.3 is 15.6 Å². The van der Waals surface area contributed by atoms with E-state index in [1.165, 1.54) is 0 Å². The molecule has 1 fully saturated rings. The summed E-state index contributed by atoms with van der Waals surface area (Å²) in [6, 6.07) is 0. The molecule has 1 unspecified atom stereocenters. The van der Waals surface area contributed by atoms with Crippen LogP contribution in [0.5, 0.6) is 0 Å². The van der Waals surface area contributed by atoms with Gasteiger partial charge in [0.2, 0.25) is 0 Å². The molecule has 1 heterocycles. The molecule has 3 nitrogen and oxygen atoms in total. The quantitative estimate of drug-likeness (QED) is 0.484. The summed E-state index contributed by atoms with van der Waals surface area (Å²) in [5, 5.41) is 8.50. The van der Waals surface area contributed by atoms with Gasteiger partial charge in [0.15, 0.2) is 0 Å². The van der Waals surface area contributed by atoms with Crippen LogP contribution in [-0.2, 0) is 4.74 Å². The van der Waals surface area contributed by atoms with Crippen molar-refractivity contribution in [2.75, 3.05) is 6.61 Å². The highest BCUT2D eigenvalue weighted by molar-refractivity contribution is 4.67. The van der Waals surface area contributed by atoms with Crippen molar-refractivity contribution in [2.24, 2.45) is 5.73 Å². The fourth-order valence-electron chi connectivity index (χ4n) is 0.868. The number of hydrogen-bond acceptors (Lipinski definition) is 3. The molecule has 1 aliphatic rings. The van der Waals surface area contributed by atoms with Crippen LogP contribution >= 0.6 is 0 Å². The maximum Gasteiger partial charge on any atom is 0.106 e. The van der Waals surface area contributed by atoms with Gasteiger partial charge in [-0.25, -0.2) is 0 Å². The van der Waals surface area contributed by atoms with Crippen molar-refractivity contribution in [1.82, 2.24) is 0 Å². The number of rotatable bonds is 1. The van der Waals surface area contributed by atoms with E-state index >= 15 is 0 Å². The number of aliphatic hydroxyl groups excluding tert-OH is 1. The van der Waals surface area contributed by atoms with Gasteiger partial charge in [0.1, 0.15) is 6.23 Å². The van der Waals surface area contributed by atoms with Gasteiger partial charge in [-0.05, 0) is 12.8 Å². The molecule has 0 spiro atoms. The second-order valence-electron chi connectivity index (χ2n) is 2.06. The molecule has 0 bridgehead atoms. The lowest BCUT2D eigenvalue weighted by molar-refractivity contribution is 0.0148. The molecule has 0 aliphatic carbocycles. The fraction of sp³-hybridized carbons (Fsp3) is 1.00. The Hall–Kier alpha value is -0.120. The summed E-state index contributed by atoms with van der Waals surface area (Å²) in [4.78, 5) is 0. The molecule has 8 heavy (non-hydrogen) atoms. The van der Waals surface area contributed by atoms with E-state index in [0.717, 1.165) is 12.8 Å². The maximum absolute atomic E-state index is 8.50. The van der Waals surface area contributed by atoms with E-state index in [9.17, 15) is 0 Å². The summed E-state index contributed by atoms with van der Waals surface area (Å²) in [5.74, 6) is 0. The minimum atomic E-state index is -0.132. The van der Waals surface area contributed by atoms with Crippen LogP contribution in [0.15, 0.2) is 0 Å². The van der Waals surface area contributed by atoms with Crippen molar-refractivity contribution in [3.05, 3.63) is 0 Å². The highest BCUT2D eigenvalue weighted by atomic mass is 16.5. The molecule has 0 amide bonds. The Bertz CT molecular complexity index is 76.8. The van der Waals surface area contributed by atoms with Gasteiger partial charge in [-0.1, -0.05) is 0 Å². The molecular weight excluding hydrogens is 106 g/mol. The summed E-state index contributed by atoms with van der Waals surface area (Å²) in [5.41, 5.74) is 5.37. The maximum atomic E-state index is 8.50. The van der Waals surface area contributed by atoms with Crippen LogP contribution in [0.1, 0.15) is 12.8 Å². The van der Waals surface area contributed by atoms with Gasteiger partial charge in [0.25, 0.3) is 0 Å². The predicted molar refractivity (Wildman–Crippen MR) is 29.2 cm³/mol. The van der Waals surface area contributed by atoms with Crippen LogP contribution in [0, 0.1) is 0 Å². The second-order valence-corrected chi connectivity index (χ2v) is 2.06. The molecule has 0 aromatic rings. The minimum Gasteiger partial charge on any atom is -0.394 e. The summed E-state index contributed by atoms with van der Waals surface area (Å²) in [6.45, 7) is 0.105. The lowest BCUT2D eigenvalue weighted by atomic mass is 10.2. The van der Waals surface area contributed by atoms with Crippen molar-refractivity contribution in [2.45, 2.75) is 25.2 Å². The Morgan fingerprint density at radius 1 is 1.62 bits per heavy atom. The zero-order valence-corrected chi connectivity index (χ0v) is 4.71. The first-order valence-corrected chi connectivity index (χ1v) is 2.85. The van der Waals surface area contributed by atoms with Crippen LogP contribution < -0.4 is 5.73 Å². The van der Waals surface area contributed by atoms with Gasteiger partial charge in [0.05, 0.1) is 12.7 Å². The van der Waals surface area contributed by atoms with Crippen LogP contribution in [0.3, 0.4) is 0 Å². The van der Waals surface area contributed by atoms with Gasteiger partial charge in [-0.3, -0.25) is 0 Å². The summed E-state index contributed by atoms with van der Waals surface area (Å²) >= 11 is 0. The van der Waals surface area contributed by atoms with E-state index in [1.54, 1.807) is 0 Å². The van der Waals surface area contributed by atoms with Crippen molar-refractivity contribution in [1.29, 1.82) is 0 Å². The first-order valence-electron chi connectivity index (χ1n) is 2.85. The zero-order valence-electron chi connectivity index (χ0n) is 4.71. The van der Waals surface area contributed by atoms with E-state index in [4.69, 9.17) is 15.6 Å². The Morgan fingerprint density at radius 3 is 2.62 bits per heavy atom. The molecule has 2 atom stereocenters. The third-order valence-electron chi connectivity index (χ3n) is 1.34. The van der Waals surface area contributed by atoms with Crippen molar-refractivity contribution >= 4 is 0 Å². The number of ether oxygens (including phenoxy) is 1. The molecule has 0 aromatic carbocycles. The molecule has 0 radical (unpaired) electrons. The summed E-state index contributed by atoms with van der Waals surface area (Å²) in [6.07, 6.45) is 1.65. The highest BCUT2D eigenvalue weighted by Gasteiger charge is 2.20. The number of aliphatic hydroxyl groups is 1. The lowest BCUT2D eigenvalue weighted by Crippen LogP contribution is -2.21. The summed E-state index contributed by atoms with van der Waals surface area (Å²) < 4.78 is 5.04. The van der Waals surface area contributed by atoms with Gasteiger partial charge in [-0.2, -0.15) is 0 Å². The lowest BCUT2D eigenvalue weighted by Gasteiger charge is -2.04. The topological polar surface area (TPSA) is 55.5 Å². The molecule has 1 rings (SSSR count). The number of nitrogens with two attached hydrogens (primary N) is 1. The van der Waals surface area contributed by atoms with E-state index in [2.05, 4.69) is 0 Å². The average molecular weight is 117 g/mol. The van der Waals surface area contributed by atoms with Crippen LogP contribution in [0.2, 0.25) is 0 Å². The highest BCUT2D eigenvalue weighted by Crippen LogP contribution is 2.14. The van der Waals surface area contributed by atoms with E-state index in [0.29, 0.717) is 0 Å². The van der Waals surface area contributed by atoms with E-state index in [1.807, 2.05) is 0 Å².